The Hall–Kier alpha value is -1.93. The van der Waals surface area contributed by atoms with Crippen LogP contribution in [0, 0.1) is 0 Å². The van der Waals surface area contributed by atoms with Crippen LogP contribution in [0.5, 0.6) is 0 Å². The van der Waals surface area contributed by atoms with Gasteiger partial charge in [0.2, 0.25) is 10.0 Å². The number of sulfonamides is 1. The number of benzene rings is 1. The van der Waals surface area contributed by atoms with Gasteiger partial charge in [0.25, 0.3) is 5.91 Å². The second kappa shape index (κ2) is 8.18. The Morgan fingerprint density at radius 2 is 1.81 bits per heavy atom. The number of carbonyl (C=O) groups excluding carboxylic acids is 1. The highest BCUT2D eigenvalue weighted by Crippen LogP contribution is 2.33. The maximum atomic E-state index is 12.7. The summed E-state index contributed by atoms with van der Waals surface area (Å²) in [6.45, 7) is 4.20. The van der Waals surface area contributed by atoms with E-state index in [9.17, 15) is 18.0 Å². The monoisotopic (exact) mass is 382 g/mol. The highest BCUT2D eigenvalue weighted by atomic mass is 32.2. The number of hydrogen-bond acceptors (Lipinski definition) is 4. The van der Waals surface area contributed by atoms with E-state index < -0.39 is 27.4 Å². The van der Waals surface area contributed by atoms with Gasteiger partial charge in [0.05, 0.1) is 16.9 Å². The van der Waals surface area contributed by atoms with E-state index in [0.717, 1.165) is 12.8 Å². The third-order valence-corrected chi connectivity index (χ3v) is 6.91. The first kappa shape index (κ1) is 20.4. The Morgan fingerprint density at radius 3 is 2.35 bits per heavy atom. The maximum Gasteiger partial charge on any atom is 0.305 e. The van der Waals surface area contributed by atoms with E-state index in [0.29, 0.717) is 25.9 Å². The molecule has 1 aromatic carbocycles. The standard InChI is InChI=1S/C18H26N2O5S/c1-3-20(4-2)26(24,25)15-9-7-8-14(12-15)17(23)19-18(13-16(21)22)10-5-6-11-18/h7-9,12H,3-6,10-11,13H2,1-2H3,(H,19,23)(H,21,22). The fourth-order valence-electron chi connectivity index (χ4n) is 3.51. The molecule has 144 valence electrons. The minimum Gasteiger partial charge on any atom is -0.481 e. The van der Waals surface area contributed by atoms with E-state index in [1.165, 1.54) is 22.5 Å². The number of rotatable bonds is 8. The molecule has 0 heterocycles. The quantitative estimate of drug-likeness (QED) is 0.717. The molecule has 0 unspecified atom stereocenters. The zero-order valence-electron chi connectivity index (χ0n) is 15.2. The summed E-state index contributed by atoms with van der Waals surface area (Å²) in [4.78, 5) is 23.9. The minimum atomic E-state index is -3.66. The van der Waals surface area contributed by atoms with Gasteiger partial charge in [-0.2, -0.15) is 4.31 Å². The molecule has 2 N–H and O–H groups in total. The average molecular weight is 382 g/mol. The molecule has 1 aliphatic rings. The first-order valence-corrected chi connectivity index (χ1v) is 10.3. The number of nitrogens with zero attached hydrogens (tertiary/aromatic N) is 1. The highest BCUT2D eigenvalue weighted by Gasteiger charge is 2.37. The van der Waals surface area contributed by atoms with Crippen molar-refractivity contribution < 1.29 is 23.1 Å². The van der Waals surface area contributed by atoms with Crippen LogP contribution in [-0.2, 0) is 14.8 Å². The third-order valence-electron chi connectivity index (χ3n) is 4.87. The lowest BCUT2D eigenvalue weighted by Gasteiger charge is -2.28. The van der Waals surface area contributed by atoms with Gasteiger partial charge in [-0.15, -0.1) is 0 Å². The van der Waals surface area contributed by atoms with E-state index >= 15 is 0 Å². The van der Waals surface area contributed by atoms with Gasteiger partial charge in [0, 0.05) is 18.7 Å². The number of amides is 1. The molecule has 0 aromatic heterocycles. The van der Waals surface area contributed by atoms with Crippen molar-refractivity contribution in [1.29, 1.82) is 0 Å². The molecule has 1 fully saturated rings. The number of carboxylic acids is 1. The minimum absolute atomic E-state index is 0.0626. The third kappa shape index (κ3) is 4.42. The van der Waals surface area contributed by atoms with Crippen molar-refractivity contribution in [2.75, 3.05) is 13.1 Å². The van der Waals surface area contributed by atoms with Gasteiger partial charge in [-0.05, 0) is 31.0 Å². The molecule has 0 atom stereocenters. The number of aliphatic carboxylic acids is 1. The molecule has 7 nitrogen and oxygen atoms in total. The topological polar surface area (TPSA) is 104 Å². The molecule has 1 amide bonds. The number of nitrogens with one attached hydrogen (secondary N) is 1. The first-order valence-electron chi connectivity index (χ1n) is 8.88. The van der Waals surface area contributed by atoms with Crippen LogP contribution >= 0.6 is 0 Å². The van der Waals surface area contributed by atoms with Crippen molar-refractivity contribution in [3.8, 4) is 0 Å². The normalized spacial score (nSPS) is 16.6. The molecule has 1 aliphatic carbocycles. The van der Waals surface area contributed by atoms with Crippen LogP contribution in [0.1, 0.15) is 56.3 Å². The van der Waals surface area contributed by atoms with Gasteiger partial charge < -0.3 is 10.4 Å². The maximum absolute atomic E-state index is 12.7. The number of hydrogen-bond donors (Lipinski definition) is 2. The molecule has 0 aliphatic heterocycles. The second-order valence-corrected chi connectivity index (χ2v) is 8.57. The van der Waals surface area contributed by atoms with Crippen LogP contribution in [0.4, 0.5) is 0 Å². The molecule has 0 bridgehead atoms. The highest BCUT2D eigenvalue weighted by molar-refractivity contribution is 7.89. The van der Waals surface area contributed by atoms with Gasteiger partial charge in [0.1, 0.15) is 0 Å². The Morgan fingerprint density at radius 1 is 1.19 bits per heavy atom. The molecule has 0 radical (unpaired) electrons. The molecule has 2 rings (SSSR count). The van der Waals surface area contributed by atoms with Crippen LogP contribution < -0.4 is 5.32 Å². The van der Waals surface area contributed by atoms with Crippen LogP contribution in [0.25, 0.3) is 0 Å². The zero-order valence-corrected chi connectivity index (χ0v) is 16.0. The lowest BCUT2D eigenvalue weighted by molar-refractivity contribution is -0.138. The van der Waals surface area contributed by atoms with Crippen molar-refractivity contribution in [3.05, 3.63) is 29.8 Å². The number of carboxylic acid groups (broad SMARTS) is 1. The largest absolute Gasteiger partial charge is 0.481 e. The molecule has 8 heteroatoms. The van der Waals surface area contributed by atoms with Gasteiger partial charge in [-0.3, -0.25) is 9.59 Å². The van der Waals surface area contributed by atoms with Gasteiger partial charge in [0.15, 0.2) is 0 Å². The SMILES string of the molecule is CCN(CC)S(=O)(=O)c1cccc(C(=O)NC2(CC(=O)O)CCCC2)c1. The van der Waals surface area contributed by atoms with Crippen LogP contribution in [0.2, 0.25) is 0 Å². The van der Waals surface area contributed by atoms with Crippen LogP contribution in [0.15, 0.2) is 29.2 Å². The molecule has 0 saturated heterocycles. The fraction of sp³-hybridized carbons (Fsp3) is 0.556. The molecule has 1 saturated carbocycles. The van der Waals surface area contributed by atoms with E-state index in [1.807, 2.05) is 0 Å². The summed E-state index contributed by atoms with van der Waals surface area (Å²) in [5.41, 5.74) is -0.536. The predicted molar refractivity (Wildman–Crippen MR) is 97.5 cm³/mol. The van der Waals surface area contributed by atoms with E-state index in [1.54, 1.807) is 19.9 Å². The van der Waals surface area contributed by atoms with E-state index in [2.05, 4.69) is 5.32 Å². The molecular formula is C18H26N2O5S. The van der Waals surface area contributed by atoms with Crippen molar-refractivity contribution >= 4 is 21.9 Å². The summed E-state index contributed by atoms with van der Waals surface area (Å²) in [5, 5.41) is 12.0. The lowest BCUT2D eigenvalue weighted by atomic mass is 9.92. The summed E-state index contributed by atoms with van der Waals surface area (Å²) in [7, 11) is -3.66. The van der Waals surface area contributed by atoms with Crippen molar-refractivity contribution in [3.63, 3.8) is 0 Å². The van der Waals surface area contributed by atoms with E-state index in [4.69, 9.17) is 5.11 Å². The molecule has 0 spiro atoms. The average Bonchev–Trinajstić information content (AvgIpc) is 3.03. The predicted octanol–water partition coefficient (Wildman–Crippen LogP) is 2.23. The van der Waals surface area contributed by atoms with Gasteiger partial charge >= 0.3 is 5.97 Å². The Bertz CT molecular complexity index is 766. The van der Waals surface area contributed by atoms with Crippen molar-refractivity contribution in [1.82, 2.24) is 9.62 Å². The van der Waals surface area contributed by atoms with Crippen LogP contribution in [-0.4, -0.2) is 48.3 Å². The molecular weight excluding hydrogens is 356 g/mol. The van der Waals surface area contributed by atoms with Crippen molar-refractivity contribution in [2.45, 2.75) is 56.4 Å². The second-order valence-electron chi connectivity index (χ2n) is 6.63. The Kier molecular flexibility index (Phi) is 6.41. The van der Waals surface area contributed by atoms with Gasteiger partial charge in [-0.1, -0.05) is 32.8 Å². The van der Waals surface area contributed by atoms with Crippen molar-refractivity contribution in [2.24, 2.45) is 0 Å². The summed E-state index contributed by atoms with van der Waals surface area (Å²) in [6.07, 6.45) is 2.83. The lowest BCUT2D eigenvalue weighted by Crippen LogP contribution is -2.47. The van der Waals surface area contributed by atoms with Gasteiger partial charge in [-0.25, -0.2) is 8.42 Å². The Labute approximate surface area is 154 Å². The van der Waals surface area contributed by atoms with E-state index in [-0.39, 0.29) is 16.9 Å². The Balaban J connectivity index is 2.26. The summed E-state index contributed by atoms with van der Waals surface area (Å²) in [6, 6.07) is 5.89. The first-order chi connectivity index (χ1) is 12.2. The summed E-state index contributed by atoms with van der Waals surface area (Å²) < 4.78 is 26.6. The smallest absolute Gasteiger partial charge is 0.305 e. The summed E-state index contributed by atoms with van der Waals surface area (Å²) in [5.74, 6) is -1.39. The molecule has 26 heavy (non-hydrogen) atoms. The molecule has 1 aromatic rings. The van der Waals surface area contributed by atoms with Crippen LogP contribution in [0.3, 0.4) is 0 Å². The number of carbonyl (C=O) groups is 2. The fourth-order valence-corrected chi connectivity index (χ4v) is 5.02. The zero-order chi connectivity index (χ0) is 19.4. The summed E-state index contributed by atoms with van der Waals surface area (Å²) >= 11 is 0.